The van der Waals surface area contributed by atoms with Gasteiger partial charge >= 0.3 is 0 Å². The molecule has 1 aromatic heterocycles. The van der Waals surface area contributed by atoms with E-state index < -0.39 is 0 Å². The van der Waals surface area contributed by atoms with Crippen LogP contribution in [0.15, 0.2) is 36.7 Å². The Bertz CT molecular complexity index is 701. The fourth-order valence-electron chi connectivity index (χ4n) is 3.23. The van der Waals surface area contributed by atoms with Crippen LogP contribution in [0.1, 0.15) is 24.1 Å². The van der Waals surface area contributed by atoms with Gasteiger partial charge in [0.15, 0.2) is 11.5 Å². The lowest BCUT2D eigenvalue weighted by Gasteiger charge is -2.36. The number of benzene rings is 1. The van der Waals surface area contributed by atoms with E-state index in [-0.39, 0.29) is 12.4 Å². The summed E-state index contributed by atoms with van der Waals surface area (Å²) in [6.07, 6.45) is 3.69. The van der Waals surface area contributed by atoms with Crippen molar-refractivity contribution in [1.82, 2.24) is 15.2 Å². The maximum atomic E-state index is 6.42. The molecule has 1 aromatic carbocycles. The minimum Gasteiger partial charge on any atom is -0.493 e. The third kappa shape index (κ3) is 4.80. The molecule has 1 unspecified atom stereocenters. The number of halogens is 2. The summed E-state index contributed by atoms with van der Waals surface area (Å²) < 4.78 is 11.1. The van der Waals surface area contributed by atoms with Crippen molar-refractivity contribution in [3.05, 3.63) is 52.8 Å². The molecule has 3 rings (SSSR count). The first-order valence-corrected chi connectivity index (χ1v) is 8.94. The molecule has 2 heterocycles. The average molecular weight is 398 g/mol. The second kappa shape index (κ2) is 9.97. The minimum absolute atomic E-state index is 0. The number of hydrogen-bond donors (Lipinski definition) is 1. The molecule has 142 valence electrons. The summed E-state index contributed by atoms with van der Waals surface area (Å²) >= 11 is 6.42. The second-order valence-electron chi connectivity index (χ2n) is 6.01. The summed E-state index contributed by atoms with van der Waals surface area (Å²) in [6.45, 7) is 6.16. The summed E-state index contributed by atoms with van der Waals surface area (Å²) in [5.74, 6) is 1.29. The van der Waals surface area contributed by atoms with Gasteiger partial charge in [-0.15, -0.1) is 12.4 Å². The molecule has 0 saturated carbocycles. The molecule has 1 saturated heterocycles. The van der Waals surface area contributed by atoms with Gasteiger partial charge in [0.2, 0.25) is 0 Å². The Morgan fingerprint density at radius 1 is 1.31 bits per heavy atom. The number of rotatable bonds is 6. The zero-order valence-corrected chi connectivity index (χ0v) is 16.6. The van der Waals surface area contributed by atoms with Crippen molar-refractivity contribution in [3.63, 3.8) is 0 Å². The topological polar surface area (TPSA) is 46.6 Å². The fourth-order valence-corrected chi connectivity index (χ4v) is 3.52. The Morgan fingerprint density at radius 3 is 2.77 bits per heavy atom. The second-order valence-corrected chi connectivity index (χ2v) is 6.42. The lowest BCUT2D eigenvalue weighted by molar-refractivity contribution is 0.153. The van der Waals surface area contributed by atoms with Crippen LogP contribution >= 0.6 is 24.0 Å². The van der Waals surface area contributed by atoms with E-state index in [1.54, 1.807) is 7.11 Å². The van der Waals surface area contributed by atoms with Crippen LogP contribution in [0.4, 0.5) is 0 Å². The molecule has 26 heavy (non-hydrogen) atoms. The van der Waals surface area contributed by atoms with Gasteiger partial charge in [0.1, 0.15) is 0 Å². The van der Waals surface area contributed by atoms with Crippen molar-refractivity contribution in [3.8, 4) is 11.5 Å². The first-order valence-electron chi connectivity index (χ1n) is 8.56. The molecule has 0 radical (unpaired) electrons. The summed E-state index contributed by atoms with van der Waals surface area (Å²) in [5.41, 5.74) is 2.39. The van der Waals surface area contributed by atoms with E-state index in [9.17, 15) is 0 Å². The van der Waals surface area contributed by atoms with Crippen molar-refractivity contribution in [1.29, 1.82) is 0 Å². The van der Waals surface area contributed by atoms with Crippen LogP contribution in [-0.4, -0.2) is 43.2 Å². The zero-order chi connectivity index (χ0) is 17.6. The Balaban J connectivity index is 0.00000243. The largest absolute Gasteiger partial charge is 0.493 e. The summed E-state index contributed by atoms with van der Waals surface area (Å²) in [6, 6.07) is 8.46. The molecule has 7 heteroatoms. The Hall–Kier alpha value is -1.53. The van der Waals surface area contributed by atoms with E-state index in [2.05, 4.69) is 27.3 Å². The van der Waals surface area contributed by atoms with Gasteiger partial charge in [-0.2, -0.15) is 0 Å². The molecule has 0 spiro atoms. The van der Waals surface area contributed by atoms with Crippen molar-refractivity contribution >= 4 is 24.0 Å². The molecule has 0 amide bonds. The Kier molecular flexibility index (Phi) is 7.97. The number of piperazine rings is 1. The van der Waals surface area contributed by atoms with Gasteiger partial charge in [0, 0.05) is 44.6 Å². The van der Waals surface area contributed by atoms with Crippen LogP contribution in [0.2, 0.25) is 5.02 Å². The quantitative estimate of drug-likeness (QED) is 0.804. The monoisotopic (exact) mass is 397 g/mol. The molecule has 1 aliphatic rings. The fraction of sp³-hybridized carbons (Fsp3) is 0.421. The molecule has 0 bridgehead atoms. The number of ether oxygens (including phenoxy) is 2. The Labute approximate surface area is 166 Å². The van der Waals surface area contributed by atoms with Crippen LogP contribution in [0, 0.1) is 0 Å². The van der Waals surface area contributed by atoms with Gasteiger partial charge in [0.05, 0.1) is 18.7 Å². The van der Waals surface area contributed by atoms with Crippen LogP contribution in [0.25, 0.3) is 0 Å². The van der Waals surface area contributed by atoms with Crippen LogP contribution in [0.3, 0.4) is 0 Å². The molecule has 1 fully saturated rings. The normalized spacial score (nSPS) is 17.4. The molecule has 0 aliphatic carbocycles. The summed E-state index contributed by atoms with van der Waals surface area (Å²) in [4.78, 5) is 6.58. The third-order valence-electron chi connectivity index (χ3n) is 4.41. The average Bonchev–Trinajstić information content (AvgIpc) is 2.65. The lowest BCUT2D eigenvalue weighted by atomic mass is 10.0. The number of hydrogen-bond acceptors (Lipinski definition) is 5. The molecule has 2 aromatic rings. The van der Waals surface area contributed by atoms with Crippen LogP contribution in [-0.2, 0) is 6.54 Å². The molecule has 1 atom stereocenters. The predicted molar refractivity (Wildman–Crippen MR) is 107 cm³/mol. The molecule has 5 nitrogen and oxygen atoms in total. The van der Waals surface area contributed by atoms with Crippen LogP contribution in [0.5, 0.6) is 11.5 Å². The van der Waals surface area contributed by atoms with Crippen molar-refractivity contribution < 1.29 is 9.47 Å². The molecule has 1 N–H and O–H groups in total. The third-order valence-corrected chi connectivity index (χ3v) is 4.69. The van der Waals surface area contributed by atoms with Gasteiger partial charge in [-0.3, -0.25) is 9.88 Å². The van der Waals surface area contributed by atoms with Gasteiger partial charge < -0.3 is 14.8 Å². The highest BCUT2D eigenvalue weighted by atomic mass is 35.5. The van der Waals surface area contributed by atoms with Gasteiger partial charge in [-0.05, 0) is 42.3 Å². The number of nitrogens with one attached hydrogen (secondary N) is 1. The Morgan fingerprint density at radius 2 is 2.08 bits per heavy atom. The smallest absolute Gasteiger partial charge is 0.179 e. The van der Waals surface area contributed by atoms with E-state index in [0.29, 0.717) is 29.2 Å². The number of pyridine rings is 1. The highest BCUT2D eigenvalue weighted by Gasteiger charge is 2.24. The standard InChI is InChI=1S/C19H24ClN3O2.ClH/c1-3-25-19-16(20)10-14(11-18(19)24-2)13-23-9-8-22-12-17(23)15-4-6-21-7-5-15;/h4-7,10-11,17,22H,3,8-9,12-13H2,1-2H3;1H. The van der Waals surface area contributed by atoms with E-state index in [4.69, 9.17) is 21.1 Å². The maximum absolute atomic E-state index is 6.42. The van der Waals surface area contributed by atoms with Gasteiger partial charge in [0.25, 0.3) is 0 Å². The SMILES string of the molecule is CCOc1c(Cl)cc(CN2CCNCC2c2ccncc2)cc1OC.Cl. The zero-order valence-electron chi connectivity index (χ0n) is 15.1. The van der Waals surface area contributed by atoms with E-state index in [1.165, 1.54) is 5.56 Å². The molecular formula is C19H25Cl2N3O2. The summed E-state index contributed by atoms with van der Waals surface area (Å²) in [5, 5.41) is 4.07. The van der Waals surface area contributed by atoms with E-state index >= 15 is 0 Å². The van der Waals surface area contributed by atoms with Gasteiger partial charge in [-0.1, -0.05) is 11.6 Å². The number of methoxy groups -OCH3 is 1. The maximum Gasteiger partial charge on any atom is 0.179 e. The van der Waals surface area contributed by atoms with Crippen molar-refractivity contribution in [2.45, 2.75) is 19.5 Å². The predicted octanol–water partition coefficient (Wildman–Crippen LogP) is 3.71. The number of aromatic nitrogens is 1. The number of nitrogens with zero attached hydrogens (tertiary/aromatic N) is 2. The highest BCUT2D eigenvalue weighted by molar-refractivity contribution is 6.32. The van der Waals surface area contributed by atoms with E-state index in [0.717, 1.165) is 31.7 Å². The van der Waals surface area contributed by atoms with E-state index in [1.807, 2.05) is 31.5 Å². The lowest BCUT2D eigenvalue weighted by Crippen LogP contribution is -2.45. The van der Waals surface area contributed by atoms with Crippen molar-refractivity contribution in [2.24, 2.45) is 0 Å². The first-order chi connectivity index (χ1) is 12.2. The van der Waals surface area contributed by atoms with Crippen LogP contribution < -0.4 is 14.8 Å². The molecule has 1 aliphatic heterocycles. The molecular weight excluding hydrogens is 373 g/mol. The highest BCUT2D eigenvalue weighted by Crippen LogP contribution is 2.37. The van der Waals surface area contributed by atoms with Gasteiger partial charge in [-0.25, -0.2) is 0 Å². The summed E-state index contributed by atoms with van der Waals surface area (Å²) in [7, 11) is 1.64. The first kappa shape index (κ1) is 20.8. The van der Waals surface area contributed by atoms with Crippen molar-refractivity contribution in [2.75, 3.05) is 33.4 Å². The minimum atomic E-state index is 0.